The minimum absolute atomic E-state index is 0.0447. The lowest BCUT2D eigenvalue weighted by atomic mass is 10.0. The summed E-state index contributed by atoms with van der Waals surface area (Å²) in [4.78, 5) is 21.5. The number of hydrogen-bond donors (Lipinski definition) is 2. The monoisotopic (exact) mass is 359 g/mol. The van der Waals surface area contributed by atoms with Gasteiger partial charge in [-0.25, -0.2) is 4.98 Å². The summed E-state index contributed by atoms with van der Waals surface area (Å²) >= 11 is 0. The number of aromatic amines is 1. The van der Waals surface area contributed by atoms with Crippen molar-refractivity contribution in [2.75, 3.05) is 19.8 Å². The molecule has 0 saturated carbocycles. The average molecular weight is 359 g/mol. The van der Waals surface area contributed by atoms with Crippen molar-refractivity contribution in [1.29, 1.82) is 0 Å². The van der Waals surface area contributed by atoms with Gasteiger partial charge < -0.3 is 19.7 Å². The van der Waals surface area contributed by atoms with E-state index in [1.807, 2.05) is 26.8 Å². The zero-order valence-electron chi connectivity index (χ0n) is 15.9. The van der Waals surface area contributed by atoms with E-state index >= 15 is 0 Å². The molecule has 6 nitrogen and oxygen atoms in total. The van der Waals surface area contributed by atoms with Crippen molar-refractivity contribution >= 4 is 5.91 Å². The molecule has 1 heterocycles. The molecular weight excluding hydrogens is 330 g/mol. The number of aliphatic hydroxyl groups excluding tert-OH is 1. The molecule has 0 atom stereocenters. The van der Waals surface area contributed by atoms with Crippen LogP contribution in [-0.2, 0) is 17.8 Å². The molecule has 2 aromatic rings. The number of ether oxygens (including phenoxy) is 1. The fourth-order valence-electron chi connectivity index (χ4n) is 2.96. The number of aryl methyl sites for hydroxylation is 3. The maximum atomic E-state index is 12.5. The quantitative estimate of drug-likeness (QED) is 0.684. The Hall–Kier alpha value is -2.34. The Bertz CT molecular complexity index is 712. The number of carbonyl (C=O) groups is 1. The third kappa shape index (κ3) is 5.88. The van der Waals surface area contributed by atoms with Gasteiger partial charge in [0.1, 0.15) is 11.6 Å². The maximum Gasteiger partial charge on any atom is 0.223 e. The lowest BCUT2D eigenvalue weighted by molar-refractivity contribution is -0.132. The van der Waals surface area contributed by atoms with E-state index in [2.05, 4.69) is 22.1 Å². The number of rotatable bonds is 10. The molecule has 1 aromatic heterocycles. The van der Waals surface area contributed by atoms with E-state index in [1.54, 1.807) is 11.1 Å². The Balaban J connectivity index is 1.86. The minimum atomic E-state index is -0.0447. The van der Waals surface area contributed by atoms with Gasteiger partial charge in [-0.1, -0.05) is 12.1 Å². The van der Waals surface area contributed by atoms with Crippen LogP contribution in [0.4, 0.5) is 0 Å². The summed E-state index contributed by atoms with van der Waals surface area (Å²) in [6.07, 6.45) is 3.81. The van der Waals surface area contributed by atoms with E-state index in [9.17, 15) is 9.90 Å². The number of H-pyrrole nitrogens is 1. The molecule has 6 heteroatoms. The Morgan fingerprint density at radius 2 is 2.15 bits per heavy atom. The normalized spacial score (nSPS) is 10.8. The number of aromatic nitrogens is 2. The van der Waals surface area contributed by atoms with E-state index in [0.717, 1.165) is 35.7 Å². The van der Waals surface area contributed by atoms with Crippen LogP contribution in [0.25, 0.3) is 0 Å². The first-order valence-corrected chi connectivity index (χ1v) is 9.15. The van der Waals surface area contributed by atoms with Gasteiger partial charge >= 0.3 is 0 Å². The van der Waals surface area contributed by atoms with Crippen LogP contribution >= 0.6 is 0 Å². The second-order valence-corrected chi connectivity index (χ2v) is 6.42. The van der Waals surface area contributed by atoms with Crippen LogP contribution in [-0.4, -0.2) is 45.6 Å². The van der Waals surface area contributed by atoms with Gasteiger partial charge in [-0.15, -0.1) is 0 Å². The number of nitrogens with one attached hydrogen (secondary N) is 1. The second kappa shape index (κ2) is 9.97. The largest absolute Gasteiger partial charge is 0.494 e. The molecule has 0 aliphatic heterocycles. The van der Waals surface area contributed by atoms with Crippen molar-refractivity contribution in [3.63, 3.8) is 0 Å². The van der Waals surface area contributed by atoms with Crippen molar-refractivity contribution in [3.8, 4) is 5.75 Å². The van der Waals surface area contributed by atoms with Crippen LogP contribution < -0.4 is 4.74 Å². The molecule has 1 aromatic carbocycles. The van der Waals surface area contributed by atoms with Crippen LogP contribution in [0, 0.1) is 13.8 Å². The summed E-state index contributed by atoms with van der Waals surface area (Å²) in [5.74, 6) is 1.78. The summed E-state index contributed by atoms with van der Waals surface area (Å²) in [7, 11) is 0. The Labute approximate surface area is 155 Å². The third-order valence-electron chi connectivity index (χ3n) is 4.23. The predicted molar refractivity (Wildman–Crippen MR) is 101 cm³/mol. The maximum absolute atomic E-state index is 12.5. The predicted octanol–water partition coefficient (Wildman–Crippen LogP) is 2.77. The van der Waals surface area contributed by atoms with E-state index in [1.165, 1.54) is 5.56 Å². The number of carbonyl (C=O) groups excluding carboxylic acids is 1. The van der Waals surface area contributed by atoms with Crippen molar-refractivity contribution < 1.29 is 14.6 Å². The first-order chi connectivity index (χ1) is 12.5. The van der Waals surface area contributed by atoms with E-state index in [4.69, 9.17) is 4.74 Å². The zero-order valence-corrected chi connectivity index (χ0v) is 15.9. The van der Waals surface area contributed by atoms with Crippen LogP contribution in [0.2, 0.25) is 0 Å². The third-order valence-corrected chi connectivity index (χ3v) is 4.23. The lowest BCUT2D eigenvalue weighted by Crippen LogP contribution is -2.33. The van der Waals surface area contributed by atoms with Gasteiger partial charge in [-0.3, -0.25) is 4.79 Å². The Kier molecular flexibility index (Phi) is 7.66. The first kappa shape index (κ1) is 20.0. The van der Waals surface area contributed by atoms with Gasteiger partial charge in [0.2, 0.25) is 5.91 Å². The SMILES string of the molecule is CCOc1ccc(CCCC(=O)N(CCO)Cc2cnc(C)[nH]2)cc1C. The summed E-state index contributed by atoms with van der Waals surface area (Å²) in [6.45, 7) is 7.28. The van der Waals surface area contributed by atoms with Gasteiger partial charge in [-0.05, 0) is 50.8 Å². The van der Waals surface area contributed by atoms with Crippen LogP contribution in [0.5, 0.6) is 5.75 Å². The average Bonchev–Trinajstić information content (AvgIpc) is 3.02. The molecule has 142 valence electrons. The standard InChI is InChI=1S/C20H29N3O3/c1-4-26-19-9-8-17(12-15(19)2)6-5-7-20(25)23(10-11-24)14-18-13-21-16(3)22-18/h8-9,12-13,24H,4-7,10-11,14H2,1-3H3,(H,21,22). The van der Waals surface area contributed by atoms with Crippen LogP contribution in [0.15, 0.2) is 24.4 Å². The summed E-state index contributed by atoms with van der Waals surface area (Å²) in [6, 6.07) is 6.17. The number of imidazole rings is 1. The molecule has 1 amide bonds. The highest BCUT2D eigenvalue weighted by Crippen LogP contribution is 2.20. The highest BCUT2D eigenvalue weighted by Gasteiger charge is 2.14. The number of benzene rings is 1. The highest BCUT2D eigenvalue weighted by molar-refractivity contribution is 5.76. The molecule has 2 rings (SSSR count). The van der Waals surface area contributed by atoms with Crippen molar-refractivity contribution in [2.45, 2.75) is 46.6 Å². The van der Waals surface area contributed by atoms with Gasteiger partial charge in [0.05, 0.1) is 31.6 Å². The first-order valence-electron chi connectivity index (χ1n) is 9.15. The topological polar surface area (TPSA) is 78.4 Å². The number of nitrogens with zero attached hydrogens (tertiary/aromatic N) is 2. The molecule has 0 saturated heterocycles. The minimum Gasteiger partial charge on any atom is -0.494 e. The molecule has 0 aliphatic carbocycles. The summed E-state index contributed by atoms with van der Waals surface area (Å²) in [5, 5.41) is 9.24. The van der Waals surface area contributed by atoms with Crippen molar-refractivity contribution in [2.24, 2.45) is 0 Å². The Morgan fingerprint density at radius 3 is 2.77 bits per heavy atom. The molecule has 0 bridgehead atoms. The van der Waals surface area contributed by atoms with E-state index in [0.29, 0.717) is 26.1 Å². The van der Waals surface area contributed by atoms with Crippen LogP contribution in [0.1, 0.15) is 42.4 Å². The molecule has 0 radical (unpaired) electrons. The molecule has 0 fully saturated rings. The van der Waals surface area contributed by atoms with Crippen molar-refractivity contribution in [3.05, 3.63) is 47.0 Å². The fraction of sp³-hybridized carbons (Fsp3) is 0.500. The van der Waals surface area contributed by atoms with Crippen LogP contribution in [0.3, 0.4) is 0 Å². The van der Waals surface area contributed by atoms with Gasteiger partial charge in [0.25, 0.3) is 0 Å². The zero-order chi connectivity index (χ0) is 18.9. The molecule has 0 spiro atoms. The molecular formula is C20H29N3O3. The van der Waals surface area contributed by atoms with Gasteiger partial charge in [-0.2, -0.15) is 0 Å². The van der Waals surface area contributed by atoms with E-state index < -0.39 is 0 Å². The smallest absolute Gasteiger partial charge is 0.223 e. The molecule has 0 unspecified atom stereocenters. The lowest BCUT2D eigenvalue weighted by Gasteiger charge is -2.21. The van der Waals surface area contributed by atoms with Gasteiger partial charge in [0.15, 0.2) is 0 Å². The van der Waals surface area contributed by atoms with Crippen molar-refractivity contribution in [1.82, 2.24) is 14.9 Å². The van der Waals surface area contributed by atoms with Gasteiger partial charge in [0, 0.05) is 13.0 Å². The number of hydrogen-bond acceptors (Lipinski definition) is 4. The molecule has 0 aliphatic rings. The fourth-order valence-corrected chi connectivity index (χ4v) is 2.96. The highest BCUT2D eigenvalue weighted by atomic mass is 16.5. The van der Waals surface area contributed by atoms with E-state index in [-0.39, 0.29) is 12.5 Å². The summed E-state index contributed by atoms with van der Waals surface area (Å²) < 4.78 is 5.56. The number of amides is 1. The Morgan fingerprint density at radius 1 is 1.35 bits per heavy atom. The number of aliphatic hydroxyl groups is 1. The molecule has 26 heavy (non-hydrogen) atoms. The summed E-state index contributed by atoms with van der Waals surface area (Å²) in [5.41, 5.74) is 3.20. The second-order valence-electron chi connectivity index (χ2n) is 6.42. The molecule has 2 N–H and O–H groups in total.